The first-order valence-corrected chi connectivity index (χ1v) is 15.4. The Morgan fingerprint density at radius 2 is 1.46 bits per heavy atom. The van der Waals surface area contributed by atoms with Gasteiger partial charge in [0.15, 0.2) is 0 Å². The molecule has 1 atom stereocenters. The van der Waals surface area contributed by atoms with E-state index in [9.17, 15) is 18.0 Å². The highest BCUT2D eigenvalue weighted by molar-refractivity contribution is 9.10. The van der Waals surface area contributed by atoms with Gasteiger partial charge in [-0.05, 0) is 48.4 Å². The summed E-state index contributed by atoms with van der Waals surface area (Å²) in [4.78, 5) is 29.1. The maximum absolute atomic E-state index is 14.2. The summed E-state index contributed by atoms with van der Waals surface area (Å²) >= 11 is 3.42. The van der Waals surface area contributed by atoms with Gasteiger partial charge in [0.2, 0.25) is 11.8 Å². The summed E-state index contributed by atoms with van der Waals surface area (Å²) in [5.41, 5.74) is 3.09. The molecule has 0 aliphatic carbocycles. The second kappa shape index (κ2) is 13.6. The number of carbonyl (C=O) groups is 2. The van der Waals surface area contributed by atoms with Gasteiger partial charge >= 0.3 is 0 Å². The van der Waals surface area contributed by atoms with Gasteiger partial charge in [-0.3, -0.25) is 13.9 Å². The minimum atomic E-state index is -4.12. The van der Waals surface area contributed by atoms with Gasteiger partial charge in [-0.15, -0.1) is 0 Å². The molecule has 7 nitrogen and oxygen atoms in total. The summed E-state index contributed by atoms with van der Waals surface area (Å²) in [6.45, 7) is 1.60. The van der Waals surface area contributed by atoms with Crippen molar-refractivity contribution in [2.24, 2.45) is 0 Å². The average molecular weight is 635 g/mol. The minimum Gasteiger partial charge on any atom is -0.357 e. The molecule has 0 aromatic heterocycles. The van der Waals surface area contributed by atoms with Crippen LogP contribution in [0.15, 0.2) is 119 Å². The molecule has 0 aliphatic heterocycles. The number of aryl methyl sites for hydroxylation is 1. The number of anilines is 1. The largest absolute Gasteiger partial charge is 0.357 e. The zero-order valence-corrected chi connectivity index (χ0v) is 25.3. The van der Waals surface area contributed by atoms with Gasteiger partial charge in [-0.25, -0.2) is 8.42 Å². The predicted octanol–water partition coefficient (Wildman–Crippen LogP) is 5.34. The van der Waals surface area contributed by atoms with Crippen LogP contribution in [-0.2, 0) is 32.6 Å². The molecule has 0 bridgehead atoms. The van der Waals surface area contributed by atoms with Crippen molar-refractivity contribution in [3.05, 3.63) is 130 Å². The van der Waals surface area contributed by atoms with Crippen LogP contribution in [0.25, 0.3) is 0 Å². The van der Waals surface area contributed by atoms with Crippen molar-refractivity contribution in [1.82, 2.24) is 10.2 Å². The zero-order valence-electron chi connectivity index (χ0n) is 22.9. The quantitative estimate of drug-likeness (QED) is 0.242. The topological polar surface area (TPSA) is 86.8 Å². The molecule has 0 aliphatic rings. The molecule has 0 saturated carbocycles. The van der Waals surface area contributed by atoms with Gasteiger partial charge in [-0.1, -0.05) is 100 Å². The van der Waals surface area contributed by atoms with Crippen LogP contribution >= 0.6 is 15.9 Å². The molecular weight excluding hydrogens is 602 g/mol. The van der Waals surface area contributed by atoms with Crippen molar-refractivity contribution in [1.29, 1.82) is 0 Å². The number of benzene rings is 4. The molecule has 1 N–H and O–H groups in total. The Hall–Kier alpha value is -3.95. The number of sulfonamides is 1. The SMILES string of the molecule is CNC(=O)C(Cc1ccccc1)N(Cc1ccc(C)cc1)C(=O)CN(c1cccc(Br)c1)S(=O)(=O)c1ccccc1. The molecule has 4 aromatic carbocycles. The van der Waals surface area contributed by atoms with Gasteiger partial charge < -0.3 is 10.2 Å². The maximum atomic E-state index is 14.2. The fourth-order valence-electron chi connectivity index (χ4n) is 4.49. The van der Waals surface area contributed by atoms with E-state index in [-0.39, 0.29) is 23.8 Å². The summed E-state index contributed by atoms with van der Waals surface area (Å²) < 4.78 is 29.6. The molecule has 9 heteroatoms. The first-order valence-electron chi connectivity index (χ1n) is 13.1. The van der Waals surface area contributed by atoms with Crippen LogP contribution in [0.3, 0.4) is 0 Å². The van der Waals surface area contributed by atoms with Gasteiger partial charge in [0.1, 0.15) is 12.6 Å². The van der Waals surface area contributed by atoms with Crippen LogP contribution in [0.2, 0.25) is 0 Å². The molecule has 0 radical (unpaired) electrons. The van der Waals surface area contributed by atoms with Crippen molar-refractivity contribution < 1.29 is 18.0 Å². The number of nitrogens with one attached hydrogen (secondary N) is 1. The third kappa shape index (κ3) is 7.62. The van der Waals surface area contributed by atoms with Crippen LogP contribution in [0.1, 0.15) is 16.7 Å². The first kappa shape index (κ1) is 30.0. The highest BCUT2D eigenvalue weighted by Gasteiger charge is 2.34. The molecule has 1 unspecified atom stereocenters. The Morgan fingerprint density at radius 1 is 0.829 bits per heavy atom. The number of carbonyl (C=O) groups excluding carboxylic acids is 2. The second-order valence-corrected chi connectivity index (χ2v) is 12.4. The molecular formula is C32H32BrN3O4S. The fourth-order valence-corrected chi connectivity index (χ4v) is 6.30. The number of rotatable bonds is 11. The zero-order chi connectivity index (χ0) is 29.4. The minimum absolute atomic E-state index is 0.0602. The molecule has 2 amide bonds. The van der Waals surface area contributed by atoms with Crippen LogP contribution in [-0.4, -0.2) is 44.8 Å². The molecule has 41 heavy (non-hydrogen) atoms. The predicted molar refractivity (Wildman–Crippen MR) is 165 cm³/mol. The third-order valence-electron chi connectivity index (χ3n) is 6.70. The van der Waals surface area contributed by atoms with E-state index in [1.807, 2.05) is 61.5 Å². The lowest BCUT2D eigenvalue weighted by atomic mass is 10.0. The van der Waals surface area contributed by atoms with E-state index in [4.69, 9.17) is 0 Å². The number of likely N-dealkylation sites (N-methyl/N-ethyl adjacent to an activating group) is 1. The van der Waals surface area contributed by atoms with Crippen LogP contribution < -0.4 is 9.62 Å². The van der Waals surface area contributed by atoms with E-state index in [1.165, 1.54) is 24.1 Å². The van der Waals surface area contributed by atoms with Gasteiger partial charge in [-0.2, -0.15) is 0 Å². The van der Waals surface area contributed by atoms with E-state index >= 15 is 0 Å². The summed E-state index contributed by atoms with van der Waals surface area (Å²) in [6, 6.07) is 31.1. The van der Waals surface area contributed by atoms with Crippen LogP contribution in [0, 0.1) is 6.92 Å². The smallest absolute Gasteiger partial charge is 0.264 e. The Kier molecular flexibility index (Phi) is 9.96. The van der Waals surface area contributed by atoms with Crippen molar-refractivity contribution >= 4 is 43.5 Å². The van der Waals surface area contributed by atoms with E-state index < -0.39 is 28.5 Å². The normalized spacial score (nSPS) is 11.9. The summed E-state index contributed by atoms with van der Waals surface area (Å²) in [6.07, 6.45) is 0.264. The summed E-state index contributed by atoms with van der Waals surface area (Å²) in [7, 11) is -2.59. The van der Waals surface area contributed by atoms with E-state index in [1.54, 1.807) is 42.5 Å². The average Bonchev–Trinajstić information content (AvgIpc) is 2.99. The molecule has 0 heterocycles. The molecule has 0 saturated heterocycles. The highest BCUT2D eigenvalue weighted by Crippen LogP contribution is 2.27. The summed E-state index contributed by atoms with van der Waals surface area (Å²) in [5.74, 6) is -0.844. The third-order valence-corrected chi connectivity index (χ3v) is 8.98. The number of amides is 2. The lowest BCUT2D eigenvalue weighted by Gasteiger charge is -2.33. The Labute approximate surface area is 250 Å². The highest BCUT2D eigenvalue weighted by atomic mass is 79.9. The Morgan fingerprint density at radius 3 is 2.07 bits per heavy atom. The first-order chi connectivity index (χ1) is 19.7. The number of hydrogen-bond acceptors (Lipinski definition) is 4. The lowest BCUT2D eigenvalue weighted by Crippen LogP contribution is -2.53. The van der Waals surface area contributed by atoms with E-state index in [0.717, 1.165) is 21.0 Å². The number of nitrogens with zero attached hydrogens (tertiary/aromatic N) is 2. The standard InChI is InChI=1S/C32H32BrN3O4S/c1-24-16-18-26(19-17-24)22-35(30(32(38)34-2)20-25-10-5-3-6-11-25)31(37)23-36(28-13-9-12-27(33)21-28)41(39,40)29-14-7-4-8-15-29/h3-19,21,30H,20,22-23H2,1-2H3,(H,34,38). The molecule has 0 fully saturated rings. The van der Waals surface area contributed by atoms with Crippen LogP contribution in [0.5, 0.6) is 0 Å². The maximum Gasteiger partial charge on any atom is 0.264 e. The van der Waals surface area contributed by atoms with Crippen molar-refractivity contribution in [2.75, 3.05) is 17.9 Å². The monoisotopic (exact) mass is 633 g/mol. The van der Waals surface area contributed by atoms with Gasteiger partial charge in [0.25, 0.3) is 10.0 Å². The van der Waals surface area contributed by atoms with E-state index in [0.29, 0.717) is 10.2 Å². The summed E-state index contributed by atoms with van der Waals surface area (Å²) in [5, 5.41) is 2.69. The molecule has 212 valence electrons. The second-order valence-electron chi connectivity index (χ2n) is 9.63. The van der Waals surface area contributed by atoms with Crippen molar-refractivity contribution in [3.63, 3.8) is 0 Å². The Bertz CT molecular complexity index is 1580. The Balaban J connectivity index is 1.78. The fraction of sp³-hybridized carbons (Fsp3) is 0.188. The lowest BCUT2D eigenvalue weighted by molar-refractivity contribution is -0.139. The molecule has 0 spiro atoms. The van der Waals surface area contributed by atoms with Gasteiger partial charge in [0.05, 0.1) is 10.6 Å². The molecule has 4 rings (SSSR count). The van der Waals surface area contributed by atoms with Crippen molar-refractivity contribution in [2.45, 2.75) is 30.8 Å². The van der Waals surface area contributed by atoms with Gasteiger partial charge in [0, 0.05) is 24.5 Å². The number of hydrogen-bond donors (Lipinski definition) is 1. The van der Waals surface area contributed by atoms with Crippen LogP contribution in [0.4, 0.5) is 5.69 Å². The van der Waals surface area contributed by atoms with Crippen molar-refractivity contribution in [3.8, 4) is 0 Å². The molecule has 4 aromatic rings. The van der Waals surface area contributed by atoms with E-state index in [2.05, 4.69) is 21.2 Å². The number of halogens is 1.